The average Bonchev–Trinajstić information content (AvgIpc) is 2.38. The Morgan fingerprint density at radius 2 is 2.32 bits per heavy atom. The lowest BCUT2D eigenvalue weighted by Crippen LogP contribution is -2.42. The molecular weight excluding hydrogens is 245 g/mol. The zero-order valence-corrected chi connectivity index (χ0v) is 11.2. The van der Waals surface area contributed by atoms with E-state index in [0.29, 0.717) is 0 Å². The van der Waals surface area contributed by atoms with E-state index in [9.17, 15) is 9.18 Å². The topological polar surface area (TPSA) is 40.5 Å². The molecule has 19 heavy (non-hydrogen) atoms. The Labute approximate surface area is 113 Å². The molecule has 0 amide bonds. The van der Waals surface area contributed by atoms with Gasteiger partial charge in [0, 0.05) is 12.1 Å². The molecule has 1 aromatic carbocycles. The molecule has 4 heteroatoms. The minimum Gasteiger partial charge on any atom is -0.481 e. The van der Waals surface area contributed by atoms with Gasteiger partial charge < -0.3 is 5.11 Å². The van der Waals surface area contributed by atoms with Crippen LogP contribution in [0.2, 0.25) is 0 Å². The van der Waals surface area contributed by atoms with Crippen LogP contribution in [0.15, 0.2) is 24.3 Å². The molecule has 1 N–H and O–H groups in total. The number of likely N-dealkylation sites (tertiary alicyclic amines) is 1. The van der Waals surface area contributed by atoms with Crippen LogP contribution in [0.4, 0.5) is 4.39 Å². The predicted octanol–water partition coefficient (Wildman–Crippen LogP) is 3.22. The highest BCUT2D eigenvalue weighted by Crippen LogP contribution is 2.30. The molecule has 0 radical (unpaired) electrons. The summed E-state index contributed by atoms with van der Waals surface area (Å²) < 4.78 is 13.3. The third-order valence-electron chi connectivity index (χ3n) is 3.91. The zero-order valence-electron chi connectivity index (χ0n) is 11.2. The summed E-state index contributed by atoms with van der Waals surface area (Å²) in [6, 6.07) is 6.69. The first-order valence-electron chi connectivity index (χ1n) is 6.81. The van der Waals surface area contributed by atoms with Crippen molar-refractivity contribution in [2.24, 2.45) is 0 Å². The lowest BCUT2D eigenvalue weighted by atomic mass is 9.95. The molecule has 0 aliphatic carbocycles. The number of nitrogens with zero attached hydrogens (tertiary/aromatic N) is 1. The van der Waals surface area contributed by atoms with Crippen LogP contribution in [0.1, 0.15) is 44.2 Å². The quantitative estimate of drug-likeness (QED) is 0.908. The SMILES string of the molecule is CC(c1cccc(F)c1)N1CCCCC1CC(=O)O. The number of carboxylic acids is 1. The van der Waals surface area contributed by atoms with E-state index in [2.05, 4.69) is 4.90 Å². The van der Waals surface area contributed by atoms with Crippen LogP contribution in [0, 0.1) is 5.82 Å². The molecular formula is C15H20FNO2. The molecule has 0 bridgehead atoms. The Hall–Kier alpha value is -1.42. The number of hydrogen-bond donors (Lipinski definition) is 1. The van der Waals surface area contributed by atoms with Crippen LogP contribution >= 0.6 is 0 Å². The van der Waals surface area contributed by atoms with Crippen molar-refractivity contribution in [1.82, 2.24) is 4.90 Å². The molecule has 3 nitrogen and oxygen atoms in total. The fraction of sp³-hybridized carbons (Fsp3) is 0.533. The van der Waals surface area contributed by atoms with Crippen LogP contribution in [0.5, 0.6) is 0 Å². The number of piperidine rings is 1. The highest BCUT2D eigenvalue weighted by molar-refractivity contribution is 5.67. The van der Waals surface area contributed by atoms with Crippen molar-refractivity contribution in [2.45, 2.75) is 44.7 Å². The van der Waals surface area contributed by atoms with E-state index in [1.807, 2.05) is 13.0 Å². The second kappa shape index (κ2) is 6.15. The Balaban J connectivity index is 2.14. The van der Waals surface area contributed by atoms with Crippen molar-refractivity contribution in [3.63, 3.8) is 0 Å². The monoisotopic (exact) mass is 265 g/mol. The normalized spacial score (nSPS) is 22.1. The molecule has 1 saturated heterocycles. The molecule has 104 valence electrons. The van der Waals surface area contributed by atoms with E-state index in [4.69, 9.17) is 5.11 Å². The first-order valence-corrected chi connectivity index (χ1v) is 6.81. The largest absolute Gasteiger partial charge is 0.481 e. The van der Waals surface area contributed by atoms with Gasteiger partial charge in [-0.2, -0.15) is 0 Å². The molecule has 2 unspecified atom stereocenters. The van der Waals surface area contributed by atoms with Gasteiger partial charge in [-0.1, -0.05) is 18.6 Å². The molecule has 0 saturated carbocycles. The fourth-order valence-electron chi connectivity index (χ4n) is 2.91. The van der Waals surface area contributed by atoms with Crippen molar-refractivity contribution in [3.8, 4) is 0 Å². The van der Waals surface area contributed by atoms with Gasteiger partial charge in [0.2, 0.25) is 0 Å². The van der Waals surface area contributed by atoms with E-state index in [1.54, 1.807) is 6.07 Å². The van der Waals surface area contributed by atoms with Crippen LogP contribution < -0.4 is 0 Å². The third-order valence-corrected chi connectivity index (χ3v) is 3.91. The predicted molar refractivity (Wildman–Crippen MR) is 71.4 cm³/mol. The number of halogens is 1. The Kier molecular flexibility index (Phi) is 4.53. The van der Waals surface area contributed by atoms with E-state index < -0.39 is 5.97 Å². The summed E-state index contributed by atoms with van der Waals surface area (Å²) in [5.41, 5.74) is 0.914. The molecule has 1 aromatic rings. The van der Waals surface area contributed by atoms with Gasteiger partial charge >= 0.3 is 5.97 Å². The van der Waals surface area contributed by atoms with Gasteiger partial charge in [0.05, 0.1) is 6.42 Å². The summed E-state index contributed by atoms with van der Waals surface area (Å²) in [6.07, 6.45) is 3.23. The highest BCUT2D eigenvalue weighted by Gasteiger charge is 2.28. The number of carbonyl (C=O) groups is 1. The maximum absolute atomic E-state index is 13.3. The first kappa shape index (κ1) is 14.0. The first-order chi connectivity index (χ1) is 9.08. The Bertz CT molecular complexity index is 450. The Morgan fingerprint density at radius 3 is 3.00 bits per heavy atom. The molecule has 0 aromatic heterocycles. The van der Waals surface area contributed by atoms with E-state index >= 15 is 0 Å². The second-order valence-corrected chi connectivity index (χ2v) is 5.22. The van der Waals surface area contributed by atoms with Crippen LogP contribution in [-0.4, -0.2) is 28.6 Å². The molecule has 1 aliphatic heterocycles. The number of hydrogen-bond acceptors (Lipinski definition) is 2. The summed E-state index contributed by atoms with van der Waals surface area (Å²) in [4.78, 5) is 13.1. The summed E-state index contributed by atoms with van der Waals surface area (Å²) in [5, 5.41) is 8.99. The van der Waals surface area contributed by atoms with Crippen LogP contribution in [0.25, 0.3) is 0 Å². The van der Waals surface area contributed by atoms with Gasteiger partial charge in [-0.25, -0.2) is 4.39 Å². The van der Waals surface area contributed by atoms with Gasteiger partial charge in [-0.05, 0) is 44.0 Å². The maximum atomic E-state index is 13.3. The van der Waals surface area contributed by atoms with Crippen molar-refractivity contribution in [1.29, 1.82) is 0 Å². The molecule has 0 spiro atoms. The summed E-state index contributed by atoms with van der Waals surface area (Å²) in [6.45, 7) is 2.91. The second-order valence-electron chi connectivity index (χ2n) is 5.22. The van der Waals surface area contributed by atoms with E-state index in [0.717, 1.165) is 31.4 Å². The van der Waals surface area contributed by atoms with Crippen LogP contribution in [0.3, 0.4) is 0 Å². The third kappa shape index (κ3) is 3.53. The van der Waals surface area contributed by atoms with Crippen molar-refractivity contribution >= 4 is 5.97 Å². The minimum atomic E-state index is -0.761. The summed E-state index contributed by atoms with van der Waals surface area (Å²) >= 11 is 0. The van der Waals surface area contributed by atoms with E-state index in [1.165, 1.54) is 12.1 Å². The van der Waals surface area contributed by atoms with Crippen LogP contribution in [-0.2, 0) is 4.79 Å². The van der Waals surface area contributed by atoms with Crippen molar-refractivity contribution in [3.05, 3.63) is 35.6 Å². The average molecular weight is 265 g/mol. The molecule has 1 aliphatic rings. The lowest BCUT2D eigenvalue weighted by molar-refractivity contribution is -0.139. The summed E-state index contributed by atoms with van der Waals surface area (Å²) in [7, 11) is 0. The zero-order chi connectivity index (χ0) is 13.8. The van der Waals surface area contributed by atoms with Crippen molar-refractivity contribution in [2.75, 3.05) is 6.54 Å². The number of benzene rings is 1. The number of carboxylic acid groups (broad SMARTS) is 1. The standard InChI is InChI=1S/C15H20FNO2/c1-11(12-5-4-6-13(16)9-12)17-8-3-2-7-14(17)10-15(18)19/h4-6,9,11,14H,2-3,7-8,10H2,1H3,(H,18,19). The number of aliphatic carboxylic acids is 1. The van der Waals surface area contributed by atoms with Gasteiger partial charge in [0.15, 0.2) is 0 Å². The Morgan fingerprint density at radius 1 is 1.53 bits per heavy atom. The van der Waals surface area contributed by atoms with E-state index in [-0.39, 0.29) is 24.3 Å². The smallest absolute Gasteiger partial charge is 0.304 e. The summed E-state index contributed by atoms with van der Waals surface area (Å²) in [5.74, 6) is -1.00. The highest BCUT2D eigenvalue weighted by atomic mass is 19.1. The molecule has 1 fully saturated rings. The number of rotatable bonds is 4. The lowest BCUT2D eigenvalue weighted by Gasteiger charge is -2.39. The molecule has 1 heterocycles. The van der Waals surface area contributed by atoms with Crippen molar-refractivity contribution < 1.29 is 14.3 Å². The minimum absolute atomic E-state index is 0.0559. The fourth-order valence-corrected chi connectivity index (χ4v) is 2.91. The molecule has 2 rings (SSSR count). The van der Waals surface area contributed by atoms with Gasteiger partial charge in [0.25, 0.3) is 0 Å². The van der Waals surface area contributed by atoms with Gasteiger partial charge in [-0.3, -0.25) is 9.69 Å². The van der Waals surface area contributed by atoms with Gasteiger partial charge in [0.1, 0.15) is 5.82 Å². The van der Waals surface area contributed by atoms with Gasteiger partial charge in [-0.15, -0.1) is 0 Å². The maximum Gasteiger partial charge on any atom is 0.304 e. The molecule has 2 atom stereocenters.